The second kappa shape index (κ2) is 13.8. The van der Waals surface area contributed by atoms with Gasteiger partial charge in [0.15, 0.2) is 0 Å². The Morgan fingerprint density at radius 3 is 2.67 bits per heavy atom. The van der Waals surface area contributed by atoms with E-state index < -0.39 is 0 Å². The topological polar surface area (TPSA) is 38.8 Å². The predicted molar refractivity (Wildman–Crippen MR) is 99.8 cm³/mol. The molecule has 1 fully saturated rings. The van der Waals surface area contributed by atoms with Gasteiger partial charge < -0.3 is 9.47 Å². The van der Waals surface area contributed by atoms with Crippen LogP contribution in [-0.4, -0.2) is 25.3 Å². The highest BCUT2D eigenvalue weighted by molar-refractivity contribution is 5.68. The molecule has 0 N–H and O–H groups in total. The summed E-state index contributed by atoms with van der Waals surface area (Å²) in [5, 5.41) is 0. The zero-order valence-corrected chi connectivity index (χ0v) is 15.2. The number of allylic oxidation sites excluding steroid dienone is 7. The van der Waals surface area contributed by atoms with E-state index in [0.717, 1.165) is 19.3 Å². The van der Waals surface area contributed by atoms with Crippen molar-refractivity contribution in [2.75, 3.05) is 7.11 Å². The SMILES string of the molecule is CCCCC/C=C\C\C=C/C=C/C=C/[C@@H]1O[C@H]1CCCC(=O)OC. The largest absolute Gasteiger partial charge is 0.469 e. The summed E-state index contributed by atoms with van der Waals surface area (Å²) in [5.41, 5.74) is 0. The zero-order valence-electron chi connectivity index (χ0n) is 15.2. The first-order chi connectivity index (χ1) is 11.8. The molecule has 1 rings (SSSR count). The van der Waals surface area contributed by atoms with Crippen molar-refractivity contribution in [1.82, 2.24) is 0 Å². The van der Waals surface area contributed by atoms with Crippen LogP contribution in [0.25, 0.3) is 0 Å². The number of carbonyl (C=O) groups is 1. The van der Waals surface area contributed by atoms with Gasteiger partial charge in [0.2, 0.25) is 0 Å². The third-order valence-electron chi connectivity index (χ3n) is 3.90. The summed E-state index contributed by atoms with van der Waals surface area (Å²) in [5.74, 6) is -0.145. The van der Waals surface area contributed by atoms with Crippen LogP contribution in [0.5, 0.6) is 0 Å². The Morgan fingerprint density at radius 1 is 1.04 bits per heavy atom. The van der Waals surface area contributed by atoms with Crippen molar-refractivity contribution in [3.8, 4) is 0 Å². The minimum absolute atomic E-state index is 0.145. The van der Waals surface area contributed by atoms with Gasteiger partial charge in [-0.3, -0.25) is 4.79 Å². The fourth-order valence-electron chi connectivity index (χ4n) is 2.37. The molecule has 0 saturated carbocycles. The summed E-state index contributed by atoms with van der Waals surface area (Å²) < 4.78 is 10.1. The molecule has 1 aliphatic heterocycles. The lowest BCUT2D eigenvalue weighted by Gasteiger charge is -1.96. The lowest BCUT2D eigenvalue weighted by atomic mass is 10.1. The van der Waals surface area contributed by atoms with Gasteiger partial charge in [0.25, 0.3) is 0 Å². The maximum Gasteiger partial charge on any atom is 0.305 e. The van der Waals surface area contributed by atoms with Gasteiger partial charge in [-0.2, -0.15) is 0 Å². The molecule has 1 heterocycles. The number of epoxide rings is 1. The first-order valence-corrected chi connectivity index (χ1v) is 9.15. The lowest BCUT2D eigenvalue weighted by Crippen LogP contribution is -2.01. The maximum atomic E-state index is 11.0. The molecule has 0 aromatic rings. The number of unbranched alkanes of at least 4 members (excludes halogenated alkanes) is 3. The molecule has 0 amide bonds. The summed E-state index contributed by atoms with van der Waals surface area (Å²) in [6.07, 6.45) is 25.7. The minimum Gasteiger partial charge on any atom is -0.469 e. The van der Waals surface area contributed by atoms with Gasteiger partial charge >= 0.3 is 5.97 Å². The number of ether oxygens (including phenoxy) is 2. The second-order valence-electron chi connectivity index (χ2n) is 6.01. The Kier molecular flexibility index (Phi) is 11.7. The smallest absolute Gasteiger partial charge is 0.305 e. The van der Waals surface area contributed by atoms with E-state index in [0.29, 0.717) is 6.42 Å². The van der Waals surface area contributed by atoms with E-state index in [1.165, 1.54) is 32.8 Å². The van der Waals surface area contributed by atoms with Crippen LogP contribution < -0.4 is 0 Å². The van der Waals surface area contributed by atoms with Crippen molar-refractivity contribution < 1.29 is 14.3 Å². The maximum absolute atomic E-state index is 11.0. The van der Waals surface area contributed by atoms with Crippen LogP contribution in [0.1, 0.15) is 58.3 Å². The van der Waals surface area contributed by atoms with Gasteiger partial charge in [-0.1, -0.05) is 68.4 Å². The number of rotatable bonds is 13. The molecule has 0 aliphatic carbocycles. The van der Waals surface area contributed by atoms with Crippen LogP contribution in [0, 0.1) is 0 Å². The number of carbonyl (C=O) groups excluding carboxylic acids is 1. The van der Waals surface area contributed by atoms with E-state index in [2.05, 4.69) is 42.0 Å². The van der Waals surface area contributed by atoms with Crippen LogP contribution in [0.3, 0.4) is 0 Å². The number of hydrogen-bond acceptors (Lipinski definition) is 3. The van der Waals surface area contributed by atoms with Gasteiger partial charge in [0, 0.05) is 6.42 Å². The molecule has 1 saturated heterocycles. The molecule has 134 valence electrons. The molecule has 3 nitrogen and oxygen atoms in total. The highest BCUT2D eigenvalue weighted by Crippen LogP contribution is 2.28. The molecule has 0 aromatic carbocycles. The minimum atomic E-state index is -0.145. The molecule has 0 aromatic heterocycles. The van der Waals surface area contributed by atoms with Gasteiger partial charge in [-0.15, -0.1) is 0 Å². The van der Waals surface area contributed by atoms with Crippen molar-refractivity contribution >= 4 is 5.97 Å². The molecule has 2 atom stereocenters. The molecule has 3 heteroatoms. The Balaban J connectivity index is 2.00. The van der Waals surface area contributed by atoms with Gasteiger partial charge in [0.05, 0.1) is 13.2 Å². The normalized spacial score (nSPS) is 20.8. The zero-order chi connectivity index (χ0) is 17.5. The summed E-state index contributed by atoms with van der Waals surface area (Å²) in [6.45, 7) is 2.23. The van der Waals surface area contributed by atoms with E-state index in [1.807, 2.05) is 18.2 Å². The molecule has 1 aliphatic rings. The highest BCUT2D eigenvalue weighted by Gasteiger charge is 2.35. The van der Waals surface area contributed by atoms with Crippen molar-refractivity contribution in [1.29, 1.82) is 0 Å². The fourth-order valence-corrected chi connectivity index (χ4v) is 2.37. The Hall–Kier alpha value is -1.61. The standard InChI is InChI=1S/C21H32O3/c1-3-4-5-6-7-8-9-10-11-12-13-14-16-19-20(24-19)17-15-18-21(22)23-2/h7-8,10-14,16,19-20H,3-6,9,15,17-18H2,1-2H3/b8-7-,11-10-,13-12+,16-14+/t19-,20-/m0/s1. The van der Waals surface area contributed by atoms with Crippen LogP contribution in [-0.2, 0) is 14.3 Å². The monoisotopic (exact) mass is 332 g/mol. The third-order valence-corrected chi connectivity index (χ3v) is 3.90. The van der Waals surface area contributed by atoms with E-state index in [-0.39, 0.29) is 18.2 Å². The summed E-state index contributed by atoms with van der Waals surface area (Å²) in [7, 11) is 1.42. The first kappa shape index (κ1) is 20.4. The average Bonchev–Trinajstić information content (AvgIpc) is 3.34. The molecule has 0 bridgehead atoms. The number of esters is 1. The van der Waals surface area contributed by atoms with Crippen LogP contribution in [0.2, 0.25) is 0 Å². The molecule has 0 spiro atoms. The van der Waals surface area contributed by atoms with Crippen LogP contribution in [0.4, 0.5) is 0 Å². The predicted octanol–water partition coefficient (Wildman–Crippen LogP) is 5.29. The number of methoxy groups -OCH3 is 1. The Morgan fingerprint density at radius 2 is 1.88 bits per heavy atom. The molecule has 24 heavy (non-hydrogen) atoms. The second-order valence-corrected chi connectivity index (χ2v) is 6.01. The van der Waals surface area contributed by atoms with E-state index in [4.69, 9.17) is 4.74 Å². The summed E-state index contributed by atoms with van der Waals surface area (Å²) in [4.78, 5) is 11.0. The van der Waals surface area contributed by atoms with Crippen LogP contribution in [0.15, 0.2) is 48.6 Å². The van der Waals surface area contributed by atoms with Crippen molar-refractivity contribution in [2.24, 2.45) is 0 Å². The van der Waals surface area contributed by atoms with Gasteiger partial charge in [-0.05, 0) is 32.1 Å². The van der Waals surface area contributed by atoms with Crippen molar-refractivity contribution in [3.63, 3.8) is 0 Å². The van der Waals surface area contributed by atoms with E-state index in [1.54, 1.807) is 0 Å². The molecule has 0 radical (unpaired) electrons. The first-order valence-electron chi connectivity index (χ1n) is 9.15. The quantitative estimate of drug-likeness (QED) is 0.151. The lowest BCUT2D eigenvalue weighted by molar-refractivity contribution is -0.140. The number of hydrogen-bond donors (Lipinski definition) is 0. The summed E-state index contributed by atoms with van der Waals surface area (Å²) >= 11 is 0. The van der Waals surface area contributed by atoms with Crippen molar-refractivity contribution in [2.45, 2.75) is 70.5 Å². The van der Waals surface area contributed by atoms with Crippen molar-refractivity contribution in [3.05, 3.63) is 48.6 Å². The molecular formula is C21H32O3. The fraction of sp³-hybridized carbons (Fsp3) is 0.571. The van der Waals surface area contributed by atoms with Gasteiger partial charge in [-0.25, -0.2) is 0 Å². The highest BCUT2D eigenvalue weighted by atomic mass is 16.6. The molecular weight excluding hydrogens is 300 g/mol. The van der Waals surface area contributed by atoms with Crippen LogP contribution >= 0.6 is 0 Å². The molecule has 0 unspecified atom stereocenters. The third kappa shape index (κ3) is 11.0. The Labute approximate surface area is 147 Å². The summed E-state index contributed by atoms with van der Waals surface area (Å²) in [6, 6.07) is 0. The van der Waals surface area contributed by atoms with E-state index >= 15 is 0 Å². The van der Waals surface area contributed by atoms with E-state index in [9.17, 15) is 4.79 Å². The average molecular weight is 332 g/mol. The van der Waals surface area contributed by atoms with Gasteiger partial charge in [0.1, 0.15) is 6.10 Å². The Bertz CT molecular complexity index is 446.